The van der Waals surface area contributed by atoms with Gasteiger partial charge in [-0.2, -0.15) is 0 Å². The van der Waals surface area contributed by atoms with Gasteiger partial charge in [-0.25, -0.2) is 13.2 Å². The van der Waals surface area contributed by atoms with Gasteiger partial charge in [-0.1, -0.05) is 0 Å². The first kappa shape index (κ1) is 16.7. The van der Waals surface area contributed by atoms with Crippen LogP contribution in [0.3, 0.4) is 0 Å². The molecule has 0 atom stereocenters. The number of carbonyl (C=O) groups is 1. The molecule has 2 aromatic rings. The molecule has 2 heterocycles. The number of amides is 1. The Hall–Kier alpha value is -2.13. The lowest BCUT2D eigenvalue weighted by Crippen LogP contribution is -2.43. The maximum Gasteiger partial charge on any atom is 0.328 e. The van der Waals surface area contributed by atoms with Gasteiger partial charge in [0, 0.05) is 27.2 Å². The smallest absolute Gasteiger partial charge is 0.328 e. The van der Waals surface area contributed by atoms with Gasteiger partial charge in [-0.15, -0.1) is 0 Å². The number of aryl methyl sites for hydroxylation is 2. The molecule has 0 spiro atoms. The largest absolute Gasteiger partial charge is 0.378 e. The zero-order valence-corrected chi connectivity index (χ0v) is 14.4. The lowest BCUT2D eigenvalue weighted by molar-refractivity contribution is -0.132. The van der Waals surface area contributed by atoms with Crippen molar-refractivity contribution in [3.8, 4) is 0 Å². The topological polar surface area (TPSA) is 90.6 Å². The third-order valence-corrected chi connectivity index (χ3v) is 5.88. The van der Waals surface area contributed by atoms with E-state index in [1.165, 1.54) is 26.2 Å². The molecule has 0 saturated carbocycles. The van der Waals surface area contributed by atoms with Gasteiger partial charge in [0.15, 0.2) is 9.84 Å². The van der Waals surface area contributed by atoms with Crippen molar-refractivity contribution in [2.75, 3.05) is 32.1 Å². The summed E-state index contributed by atoms with van der Waals surface area (Å²) in [5.74, 6) is -1.01. The van der Waals surface area contributed by atoms with E-state index < -0.39 is 21.5 Å². The first-order chi connectivity index (χ1) is 11.3. The van der Waals surface area contributed by atoms with E-state index in [0.717, 1.165) is 0 Å². The standard InChI is InChI=1S/C15H19N3O5S/c1-16-12-4-3-11(9-13(12)17(2)15(16)20)24(21,22)10-14(19)18-5-7-23-8-6-18/h3-4,9H,5-8,10H2,1-2H3. The summed E-state index contributed by atoms with van der Waals surface area (Å²) in [6, 6.07) is 4.46. The summed E-state index contributed by atoms with van der Waals surface area (Å²) in [4.78, 5) is 25.7. The minimum Gasteiger partial charge on any atom is -0.378 e. The Morgan fingerprint density at radius 3 is 2.42 bits per heavy atom. The summed E-state index contributed by atoms with van der Waals surface area (Å²) >= 11 is 0. The number of imidazole rings is 1. The van der Waals surface area contributed by atoms with Crippen molar-refractivity contribution in [1.82, 2.24) is 14.0 Å². The third kappa shape index (κ3) is 2.84. The van der Waals surface area contributed by atoms with E-state index in [1.54, 1.807) is 20.2 Å². The van der Waals surface area contributed by atoms with Crippen molar-refractivity contribution in [2.45, 2.75) is 4.90 Å². The fraction of sp³-hybridized carbons (Fsp3) is 0.467. The fourth-order valence-corrected chi connectivity index (χ4v) is 4.07. The molecule has 9 heteroatoms. The molecule has 8 nitrogen and oxygen atoms in total. The summed E-state index contributed by atoms with van der Waals surface area (Å²) in [6.45, 7) is 1.65. The lowest BCUT2D eigenvalue weighted by atomic mass is 10.3. The number of aromatic nitrogens is 2. The molecule has 1 aromatic carbocycles. The van der Waals surface area contributed by atoms with Crippen LogP contribution in [-0.2, 0) is 33.5 Å². The Labute approximate surface area is 139 Å². The number of hydrogen-bond acceptors (Lipinski definition) is 5. The number of nitrogens with zero attached hydrogens (tertiary/aromatic N) is 3. The van der Waals surface area contributed by atoms with Crippen LogP contribution in [0.25, 0.3) is 11.0 Å². The van der Waals surface area contributed by atoms with Gasteiger partial charge in [0.05, 0.1) is 29.1 Å². The second kappa shape index (κ2) is 6.06. The average molecular weight is 353 g/mol. The second-order valence-electron chi connectivity index (χ2n) is 5.80. The normalized spacial score (nSPS) is 15.8. The minimum absolute atomic E-state index is 0.0396. The molecular weight excluding hydrogens is 334 g/mol. The van der Waals surface area contributed by atoms with Gasteiger partial charge in [0.25, 0.3) is 0 Å². The Balaban J connectivity index is 1.92. The number of hydrogen-bond donors (Lipinski definition) is 0. The van der Waals surface area contributed by atoms with E-state index in [-0.39, 0.29) is 10.6 Å². The average Bonchev–Trinajstić information content (AvgIpc) is 2.79. The van der Waals surface area contributed by atoms with E-state index in [4.69, 9.17) is 4.74 Å². The van der Waals surface area contributed by atoms with Crippen LogP contribution in [0.5, 0.6) is 0 Å². The van der Waals surface area contributed by atoms with Gasteiger partial charge in [0.1, 0.15) is 5.75 Å². The van der Waals surface area contributed by atoms with Crippen molar-refractivity contribution in [3.63, 3.8) is 0 Å². The Kier molecular flexibility index (Phi) is 4.22. The molecular formula is C15H19N3O5S. The molecule has 0 unspecified atom stereocenters. The zero-order valence-electron chi connectivity index (χ0n) is 13.6. The molecule has 1 aliphatic heterocycles. The predicted octanol–water partition coefficient (Wildman–Crippen LogP) is -0.490. The van der Waals surface area contributed by atoms with Gasteiger partial charge >= 0.3 is 5.69 Å². The Morgan fingerprint density at radius 1 is 1.12 bits per heavy atom. The van der Waals surface area contributed by atoms with E-state index in [0.29, 0.717) is 37.3 Å². The summed E-state index contributed by atoms with van der Waals surface area (Å²) in [7, 11) is -0.568. The van der Waals surface area contributed by atoms with E-state index in [1.807, 2.05) is 0 Å². The predicted molar refractivity (Wildman–Crippen MR) is 87.6 cm³/mol. The van der Waals surface area contributed by atoms with E-state index in [2.05, 4.69) is 0 Å². The van der Waals surface area contributed by atoms with Gasteiger partial charge in [-0.05, 0) is 18.2 Å². The van der Waals surface area contributed by atoms with Crippen LogP contribution in [0.1, 0.15) is 0 Å². The third-order valence-electron chi connectivity index (χ3n) is 4.28. The van der Waals surface area contributed by atoms with Crippen LogP contribution < -0.4 is 5.69 Å². The van der Waals surface area contributed by atoms with Crippen molar-refractivity contribution < 1.29 is 17.9 Å². The van der Waals surface area contributed by atoms with Gasteiger partial charge < -0.3 is 9.64 Å². The highest BCUT2D eigenvalue weighted by atomic mass is 32.2. The highest BCUT2D eigenvalue weighted by Gasteiger charge is 2.25. The molecule has 1 aromatic heterocycles. The number of ether oxygens (including phenoxy) is 1. The van der Waals surface area contributed by atoms with Crippen LogP contribution >= 0.6 is 0 Å². The molecule has 130 valence electrons. The fourth-order valence-electron chi connectivity index (χ4n) is 2.83. The van der Waals surface area contributed by atoms with Crippen molar-refractivity contribution >= 4 is 26.8 Å². The number of rotatable bonds is 3. The maximum atomic E-state index is 12.6. The number of fused-ring (bicyclic) bond motifs is 1. The lowest BCUT2D eigenvalue weighted by Gasteiger charge is -2.26. The van der Waals surface area contributed by atoms with Crippen LogP contribution in [0, 0.1) is 0 Å². The van der Waals surface area contributed by atoms with Crippen LogP contribution in [-0.4, -0.2) is 60.4 Å². The highest BCUT2D eigenvalue weighted by Crippen LogP contribution is 2.19. The van der Waals surface area contributed by atoms with Crippen LogP contribution in [0.2, 0.25) is 0 Å². The monoisotopic (exact) mass is 353 g/mol. The molecule has 0 aliphatic carbocycles. The SMILES string of the molecule is Cn1c(=O)n(C)c2cc(S(=O)(=O)CC(=O)N3CCOCC3)ccc21. The minimum atomic E-state index is -3.78. The molecule has 3 rings (SSSR count). The number of morpholine rings is 1. The zero-order chi connectivity index (χ0) is 17.5. The Bertz CT molecular complexity index is 951. The first-order valence-corrected chi connectivity index (χ1v) is 9.20. The van der Waals surface area contributed by atoms with Crippen LogP contribution in [0.4, 0.5) is 0 Å². The summed E-state index contributed by atoms with van der Waals surface area (Å²) < 4.78 is 33.1. The van der Waals surface area contributed by atoms with Crippen molar-refractivity contribution in [2.24, 2.45) is 14.1 Å². The van der Waals surface area contributed by atoms with E-state index >= 15 is 0 Å². The summed E-state index contributed by atoms with van der Waals surface area (Å²) in [5.41, 5.74) is 0.923. The number of benzene rings is 1. The number of carbonyl (C=O) groups excluding carboxylic acids is 1. The molecule has 1 saturated heterocycles. The highest BCUT2D eigenvalue weighted by molar-refractivity contribution is 7.92. The molecule has 0 radical (unpaired) electrons. The maximum absolute atomic E-state index is 12.6. The molecule has 1 fully saturated rings. The van der Waals surface area contributed by atoms with Crippen molar-refractivity contribution in [3.05, 3.63) is 28.7 Å². The summed E-state index contributed by atoms with van der Waals surface area (Å²) in [6.07, 6.45) is 0. The van der Waals surface area contributed by atoms with Gasteiger partial charge in [-0.3, -0.25) is 13.9 Å². The van der Waals surface area contributed by atoms with Crippen LogP contribution in [0.15, 0.2) is 27.9 Å². The second-order valence-corrected chi connectivity index (χ2v) is 7.79. The van der Waals surface area contributed by atoms with Crippen molar-refractivity contribution in [1.29, 1.82) is 0 Å². The quantitative estimate of drug-likeness (QED) is 0.743. The molecule has 1 amide bonds. The van der Waals surface area contributed by atoms with Gasteiger partial charge in [0.2, 0.25) is 5.91 Å². The molecule has 0 bridgehead atoms. The first-order valence-electron chi connectivity index (χ1n) is 7.55. The Morgan fingerprint density at radius 2 is 1.75 bits per heavy atom. The molecule has 24 heavy (non-hydrogen) atoms. The summed E-state index contributed by atoms with van der Waals surface area (Å²) in [5, 5.41) is 0. The van der Waals surface area contributed by atoms with E-state index in [9.17, 15) is 18.0 Å². The molecule has 0 N–H and O–H groups in total. The molecule has 1 aliphatic rings. The number of sulfone groups is 1.